The van der Waals surface area contributed by atoms with Crippen molar-refractivity contribution in [3.63, 3.8) is 0 Å². The molecule has 9 N–H and O–H groups in total. The van der Waals surface area contributed by atoms with Crippen molar-refractivity contribution in [2.45, 2.75) is 20.0 Å². The van der Waals surface area contributed by atoms with Crippen molar-refractivity contribution in [1.29, 1.82) is 0 Å². The Balaban J connectivity index is 3.59. The summed E-state index contributed by atoms with van der Waals surface area (Å²) in [4.78, 5) is 35.5. The minimum Gasteiger partial charge on any atom is -0.270 e. The van der Waals surface area contributed by atoms with Crippen LogP contribution in [0.25, 0.3) is 0 Å². The van der Waals surface area contributed by atoms with Gasteiger partial charge in [0.15, 0.2) is 0 Å². The van der Waals surface area contributed by atoms with Gasteiger partial charge >= 0.3 is 17.1 Å². The highest BCUT2D eigenvalue weighted by Crippen LogP contribution is 1.71. The first kappa shape index (κ1) is 14.2. The molecule has 0 aromatic carbocycles. The predicted molar refractivity (Wildman–Crippen MR) is 61.2 cm³/mol. The van der Waals surface area contributed by atoms with Gasteiger partial charge < -0.3 is 0 Å². The summed E-state index contributed by atoms with van der Waals surface area (Å²) in [6, 6.07) is 0. The summed E-state index contributed by atoms with van der Waals surface area (Å²) < 4.78 is 2.20. The molecule has 18 heavy (non-hydrogen) atoms. The highest BCUT2D eigenvalue weighted by atomic mass is 16.2. The minimum atomic E-state index is -0.839. The van der Waals surface area contributed by atoms with Crippen LogP contribution in [-0.4, -0.2) is 13.7 Å². The van der Waals surface area contributed by atoms with Gasteiger partial charge in [-0.1, -0.05) is 0 Å². The van der Waals surface area contributed by atoms with Crippen molar-refractivity contribution in [2.24, 2.45) is 17.5 Å². The maximum Gasteiger partial charge on any atom is 0.338 e. The first-order valence-corrected chi connectivity index (χ1v) is 4.83. The van der Waals surface area contributed by atoms with Crippen LogP contribution in [-0.2, 0) is 20.0 Å². The fourth-order valence-electron chi connectivity index (χ4n) is 1.36. The molecule has 102 valence electrons. The van der Waals surface area contributed by atoms with E-state index in [9.17, 15) is 14.4 Å². The molecular formula is C6H15N9O3. The Kier molecular flexibility index (Phi) is 4.90. The van der Waals surface area contributed by atoms with Gasteiger partial charge in [-0.25, -0.2) is 44.4 Å². The lowest BCUT2D eigenvalue weighted by Crippen LogP contribution is -2.58. The summed E-state index contributed by atoms with van der Waals surface area (Å²) in [7, 11) is 0. The number of nitrogens with one attached hydrogen (secondary N) is 3. The van der Waals surface area contributed by atoms with Gasteiger partial charge in [0, 0.05) is 0 Å². The fourth-order valence-corrected chi connectivity index (χ4v) is 1.36. The Hall–Kier alpha value is -1.83. The standard InChI is InChI=1S/C6H15N9O3/c7-10-1-13-4(16)14(2-11-8)6(18)15(3-12-9)5(13)17/h10-12H,1-3,7-9H2. The smallest absolute Gasteiger partial charge is 0.270 e. The number of hydrogen-bond donors (Lipinski definition) is 6. The summed E-state index contributed by atoms with van der Waals surface area (Å²) in [5.74, 6) is 15.2. The molecular weight excluding hydrogens is 246 g/mol. The van der Waals surface area contributed by atoms with Crippen molar-refractivity contribution < 1.29 is 0 Å². The van der Waals surface area contributed by atoms with Crippen molar-refractivity contribution >= 4 is 0 Å². The predicted octanol–water partition coefficient (Wildman–Crippen LogP) is -5.57. The molecule has 0 atom stereocenters. The normalized spacial score (nSPS) is 10.8. The highest BCUT2D eigenvalue weighted by Gasteiger charge is 2.13. The molecule has 12 heteroatoms. The van der Waals surface area contributed by atoms with Crippen LogP contribution in [0.1, 0.15) is 0 Å². The molecule has 0 spiro atoms. The number of nitrogens with zero attached hydrogens (tertiary/aromatic N) is 3. The SMILES string of the molecule is NNCn1c(=O)n(CNN)c(=O)n(CNN)c1=O. The lowest BCUT2D eigenvalue weighted by atomic mass is 10.7. The van der Waals surface area contributed by atoms with E-state index in [0.29, 0.717) is 0 Å². The van der Waals surface area contributed by atoms with Gasteiger partial charge in [-0.2, -0.15) is 0 Å². The zero-order valence-electron chi connectivity index (χ0n) is 9.42. The van der Waals surface area contributed by atoms with Crippen LogP contribution in [0.2, 0.25) is 0 Å². The first-order chi connectivity index (χ1) is 8.58. The van der Waals surface area contributed by atoms with Gasteiger partial charge in [-0.15, -0.1) is 0 Å². The fraction of sp³-hybridized carbons (Fsp3) is 0.500. The van der Waals surface area contributed by atoms with Crippen LogP contribution in [0.15, 0.2) is 14.4 Å². The third-order valence-electron chi connectivity index (χ3n) is 2.13. The Morgan fingerprint density at radius 2 is 0.889 bits per heavy atom. The van der Waals surface area contributed by atoms with Crippen molar-refractivity contribution in [3.05, 3.63) is 31.5 Å². The van der Waals surface area contributed by atoms with Crippen LogP contribution < -0.4 is 50.9 Å². The van der Waals surface area contributed by atoms with E-state index < -0.39 is 17.1 Å². The Morgan fingerprint density at radius 1 is 0.667 bits per heavy atom. The maximum atomic E-state index is 11.8. The molecule has 0 unspecified atom stereocenters. The maximum absolute atomic E-state index is 11.8. The van der Waals surface area contributed by atoms with Gasteiger partial charge in [0.05, 0.1) is 20.0 Å². The zero-order chi connectivity index (χ0) is 13.7. The molecule has 0 aliphatic rings. The molecule has 1 aromatic rings. The molecule has 0 amide bonds. The number of nitrogens with two attached hydrogens (primary N) is 3. The number of hydrogen-bond acceptors (Lipinski definition) is 9. The lowest BCUT2D eigenvalue weighted by molar-refractivity contribution is 0.391. The van der Waals surface area contributed by atoms with Crippen LogP contribution in [0.4, 0.5) is 0 Å². The highest BCUT2D eigenvalue weighted by molar-refractivity contribution is 4.77. The van der Waals surface area contributed by atoms with E-state index in [-0.39, 0.29) is 20.0 Å². The Labute approximate surface area is 99.9 Å². The van der Waals surface area contributed by atoms with Crippen LogP contribution in [0, 0.1) is 0 Å². The van der Waals surface area contributed by atoms with E-state index in [1.165, 1.54) is 0 Å². The van der Waals surface area contributed by atoms with Crippen LogP contribution in [0.3, 0.4) is 0 Å². The lowest BCUT2D eigenvalue weighted by Gasteiger charge is -2.12. The van der Waals surface area contributed by atoms with Gasteiger partial charge in [0.2, 0.25) is 0 Å². The van der Waals surface area contributed by atoms with E-state index in [2.05, 4.69) is 16.3 Å². The van der Waals surface area contributed by atoms with E-state index >= 15 is 0 Å². The summed E-state index contributed by atoms with van der Waals surface area (Å²) in [5.41, 5.74) is 3.95. The first-order valence-electron chi connectivity index (χ1n) is 4.83. The number of rotatable bonds is 6. The third kappa shape index (κ3) is 2.53. The molecule has 12 nitrogen and oxygen atoms in total. The molecule has 0 fully saturated rings. The molecule has 0 aliphatic heterocycles. The Morgan fingerprint density at radius 3 is 1.06 bits per heavy atom. The van der Waals surface area contributed by atoms with E-state index in [1.54, 1.807) is 0 Å². The monoisotopic (exact) mass is 261 g/mol. The number of aromatic nitrogens is 3. The van der Waals surface area contributed by atoms with Gasteiger partial charge in [0.1, 0.15) is 0 Å². The second-order valence-electron chi connectivity index (χ2n) is 3.22. The van der Waals surface area contributed by atoms with Crippen LogP contribution in [0.5, 0.6) is 0 Å². The third-order valence-corrected chi connectivity index (χ3v) is 2.13. The second kappa shape index (κ2) is 6.20. The molecule has 1 rings (SSSR count). The topological polar surface area (TPSA) is 180 Å². The summed E-state index contributed by atoms with van der Waals surface area (Å²) in [5, 5.41) is 0. The molecule has 1 heterocycles. The minimum absolute atomic E-state index is 0.257. The van der Waals surface area contributed by atoms with Crippen molar-refractivity contribution in [3.8, 4) is 0 Å². The number of hydrazine groups is 3. The molecule has 0 saturated heterocycles. The summed E-state index contributed by atoms with van der Waals surface area (Å²) in [6.45, 7) is -0.771. The Bertz CT molecular complexity index is 458. The van der Waals surface area contributed by atoms with E-state index in [1.807, 2.05) is 0 Å². The van der Waals surface area contributed by atoms with E-state index in [0.717, 1.165) is 13.7 Å². The summed E-state index contributed by atoms with van der Waals surface area (Å²) in [6.07, 6.45) is 0. The molecule has 0 aliphatic carbocycles. The summed E-state index contributed by atoms with van der Waals surface area (Å²) >= 11 is 0. The zero-order valence-corrected chi connectivity index (χ0v) is 9.42. The van der Waals surface area contributed by atoms with Crippen LogP contribution >= 0.6 is 0 Å². The largest absolute Gasteiger partial charge is 0.338 e. The average molecular weight is 261 g/mol. The average Bonchev–Trinajstić information content (AvgIpc) is 2.35. The van der Waals surface area contributed by atoms with Crippen molar-refractivity contribution in [1.82, 2.24) is 30.0 Å². The van der Waals surface area contributed by atoms with E-state index in [4.69, 9.17) is 17.5 Å². The van der Waals surface area contributed by atoms with Crippen molar-refractivity contribution in [2.75, 3.05) is 0 Å². The van der Waals surface area contributed by atoms with Gasteiger partial charge in [-0.3, -0.25) is 17.5 Å². The molecule has 0 bridgehead atoms. The quantitative estimate of drug-likeness (QED) is 0.215. The van der Waals surface area contributed by atoms with Gasteiger partial charge in [-0.05, 0) is 0 Å². The molecule has 0 saturated carbocycles. The second-order valence-corrected chi connectivity index (χ2v) is 3.22. The van der Waals surface area contributed by atoms with Gasteiger partial charge in [0.25, 0.3) is 0 Å². The molecule has 1 aromatic heterocycles. The molecule has 0 radical (unpaired) electrons.